The van der Waals surface area contributed by atoms with Crippen molar-refractivity contribution >= 4 is 54.0 Å². The van der Waals surface area contributed by atoms with Crippen LogP contribution in [0.1, 0.15) is 5.56 Å². The zero-order valence-corrected chi connectivity index (χ0v) is 19.8. The fourth-order valence-corrected chi connectivity index (χ4v) is 4.99. The van der Waals surface area contributed by atoms with Crippen molar-refractivity contribution in [1.82, 2.24) is 14.6 Å². The molecule has 0 saturated carbocycles. The first-order chi connectivity index (χ1) is 14.3. The van der Waals surface area contributed by atoms with Crippen LogP contribution < -0.4 is 5.43 Å². The zero-order valence-electron chi connectivity index (χ0n) is 15.8. The number of halogens is 2. The molecule has 0 atom stereocenters. The van der Waals surface area contributed by atoms with Crippen LogP contribution in [-0.4, -0.2) is 67.6 Å². The number of carbonyl (C=O) groups is 1. The molecule has 0 radical (unpaired) electrons. The molecular formula is C19H20Br2N4O4S. The predicted molar refractivity (Wildman–Crippen MR) is 121 cm³/mol. The van der Waals surface area contributed by atoms with E-state index in [2.05, 4.69) is 42.4 Å². The number of piperazine rings is 1. The summed E-state index contributed by atoms with van der Waals surface area (Å²) in [6, 6.07) is 11.4. The van der Waals surface area contributed by atoms with E-state index in [1.807, 2.05) is 4.90 Å². The smallest absolute Gasteiger partial charge is 0.254 e. The van der Waals surface area contributed by atoms with E-state index < -0.39 is 10.0 Å². The molecule has 0 aromatic heterocycles. The second-order valence-electron chi connectivity index (χ2n) is 6.63. The Hall–Kier alpha value is -1.79. The van der Waals surface area contributed by atoms with Gasteiger partial charge in [0.25, 0.3) is 5.91 Å². The molecule has 2 aromatic rings. The van der Waals surface area contributed by atoms with E-state index in [1.54, 1.807) is 36.4 Å². The van der Waals surface area contributed by atoms with E-state index in [9.17, 15) is 18.3 Å². The summed E-state index contributed by atoms with van der Waals surface area (Å²) in [6.45, 7) is 1.61. The highest BCUT2D eigenvalue weighted by Crippen LogP contribution is 2.21. The summed E-state index contributed by atoms with van der Waals surface area (Å²) < 4.78 is 28.5. The Morgan fingerprint density at radius 2 is 1.70 bits per heavy atom. The number of phenolic OH excluding ortho intramolecular Hbond substituents is 1. The van der Waals surface area contributed by atoms with Crippen LogP contribution in [-0.2, 0) is 14.8 Å². The number of nitrogens with zero attached hydrogens (tertiary/aromatic N) is 3. The van der Waals surface area contributed by atoms with Crippen LogP contribution in [0.3, 0.4) is 0 Å². The van der Waals surface area contributed by atoms with Crippen molar-refractivity contribution in [3.8, 4) is 5.75 Å². The van der Waals surface area contributed by atoms with Gasteiger partial charge < -0.3 is 5.11 Å². The van der Waals surface area contributed by atoms with Crippen molar-refractivity contribution in [2.24, 2.45) is 5.10 Å². The van der Waals surface area contributed by atoms with E-state index >= 15 is 0 Å². The van der Waals surface area contributed by atoms with Crippen LogP contribution in [0.25, 0.3) is 0 Å². The highest BCUT2D eigenvalue weighted by Gasteiger charge is 2.28. The molecule has 1 aliphatic rings. The van der Waals surface area contributed by atoms with Crippen LogP contribution in [0.2, 0.25) is 0 Å². The van der Waals surface area contributed by atoms with Gasteiger partial charge >= 0.3 is 0 Å². The molecule has 0 aliphatic carbocycles. The Balaban J connectivity index is 1.49. The third-order valence-corrected chi connectivity index (χ3v) is 7.47. The number of benzene rings is 2. The molecule has 0 spiro atoms. The number of amides is 1. The molecule has 1 aliphatic heterocycles. The lowest BCUT2D eigenvalue weighted by molar-refractivity contribution is -0.122. The molecule has 2 aromatic carbocycles. The molecule has 1 heterocycles. The maximum absolute atomic E-state index is 12.7. The van der Waals surface area contributed by atoms with Gasteiger partial charge in [-0.15, -0.1) is 0 Å². The summed E-state index contributed by atoms with van der Waals surface area (Å²) in [7, 11) is -3.55. The Kier molecular flexibility index (Phi) is 7.64. The van der Waals surface area contributed by atoms with Gasteiger partial charge in [-0.2, -0.15) is 9.41 Å². The van der Waals surface area contributed by atoms with Crippen LogP contribution in [0.4, 0.5) is 0 Å². The van der Waals surface area contributed by atoms with Crippen LogP contribution in [0.5, 0.6) is 5.75 Å². The fraction of sp³-hybridized carbons (Fsp3) is 0.263. The van der Waals surface area contributed by atoms with Gasteiger partial charge in [0, 0.05) is 40.7 Å². The maximum Gasteiger partial charge on any atom is 0.254 e. The number of hydrogen-bond acceptors (Lipinski definition) is 6. The van der Waals surface area contributed by atoms with E-state index in [4.69, 9.17) is 0 Å². The molecule has 8 nitrogen and oxygen atoms in total. The van der Waals surface area contributed by atoms with Gasteiger partial charge in [-0.3, -0.25) is 9.69 Å². The normalized spacial score (nSPS) is 16.1. The molecule has 2 N–H and O–H groups in total. The van der Waals surface area contributed by atoms with Gasteiger partial charge in [0.05, 0.1) is 17.7 Å². The molecule has 160 valence electrons. The Labute approximate surface area is 191 Å². The summed E-state index contributed by atoms with van der Waals surface area (Å²) in [5.41, 5.74) is 2.89. The van der Waals surface area contributed by atoms with Gasteiger partial charge in [-0.25, -0.2) is 13.8 Å². The molecule has 3 rings (SSSR count). The Morgan fingerprint density at radius 3 is 2.37 bits per heavy atom. The monoisotopic (exact) mass is 558 g/mol. The van der Waals surface area contributed by atoms with Crippen LogP contribution >= 0.6 is 31.9 Å². The van der Waals surface area contributed by atoms with Gasteiger partial charge in [-0.05, 0) is 42.5 Å². The highest BCUT2D eigenvalue weighted by atomic mass is 79.9. The SMILES string of the molecule is O=C(CN1CCN(S(=O)(=O)c2ccc(Br)cc2)CC1)N/N=C/c1cc(Br)ccc1O. The Bertz CT molecular complexity index is 1040. The molecule has 1 amide bonds. The van der Waals surface area contributed by atoms with E-state index in [-0.39, 0.29) is 23.1 Å². The third kappa shape index (κ3) is 5.88. The number of rotatable bonds is 6. The third-order valence-electron chi connectivity index (χ3n) is 4.53. The topological polar surface area (TPSA) is 102 Å². The molecule has 0 bridgehead atoms. The minimum absolute atomic E-state index is 0.0549. The molecular weight excluding hydrogens is 540 g/mol. The largest absolute Gasteiger partial charge is 0.507 e. The van der Waals surface area contributed by atoms with Crippen molar-refractivity contribution in [2.45, 2.75) is 4.90 Å². The summed E-state index contributed by atoms with van der Waals surface area (Å²) in [5.74, 6) is -0.260. The lowest BCUT2D eigenvalue weighted by atomic mass is 10.2. The fourth-order valence-electron chi connectivity index (χ4n) is 2.92. The summed E-state index contributed by atoms with van der Waals surface area (Å²) in [5, 5.41) is 13.6. The lowest BCUT2D eigenvalue weighted by Crippen LogP contribution is -2.50. The standard InChI is InChI=1S/C19H20Br2N4O4S/c20-15-1-4-17(5-2-15)30(28,29)25-9-7-24(8-10-25)13-19(27)23-22-12-14-11-16(21)3-6-18(14)26/h1-6,11-12,26H,7-10,13H2,(H,23,27)/b22-12+. The van der Waals surface area contributed by atoms with Gasteiger partial charge in [0.2, 0.25) is 10.0 Å². The molecule has 11 heteroatoms. The number of hydrazone groups is 1. The van der Waals surface area contributed by atoms with Crippen molar-refractivity contribution in [1.29, 1.82) is 0 Å². The number of phenols is 1. The quantitative estimate of drug-likeness (QED) is 0.418. The first kappa shape index (κ1) is 22.9. The van der Waals surface area contributed by atoms with E-state index in [0.29, 0.717) is 31.7 Å². The second-order valence-corrected chi connectivity index (χ2v) is 10.4. The number of nitrogens with one attached hydrogen (secondary N) is 1. The van der Waals surface area contributed by atoms with Gasteiger partial charge in [0.15, 0.2) is 0 Å². The highest BCUT2D eigenvalue weighted by molar-refractivity contribution is 9.10. The lowest BCUT2D eigenvalue weighted by Gasteiger charge is -2.33. The number of hydrogen-bond donors (Lipinski definition) is 2. The van der Waals surface area contributed by atoms with Gasteiger partial charge in [0.1, 0.15) is 5.75 Å². The maximum atomic E-state index is 12.7. The van der Waals surface area contributed by atoms with E-state index in [1.165, 1.54) is 16.6 Å². The molecule has 1 fully saturated rings. The zero-order chi connectivity index (χ0) is 21.7. The predicted octanol–water partition coefficient (Wildman–Crippen LogP) is 2.37. The van der Waals surface area contributed by atoms with Crippen molar-refractivity contribution in [3.63, 3.8) is 0 Å². The summed E-state index contributed by atoms with van der Waals surface area (Å²) in [4.78, 5) is 14.2. The van der Waals surface area contributed by atoms with Crippen LogP contribution in [0, 0.1) is 0 Å². The number of aromatic hydroxyl groups is 1. The molecule has 30 heavy (non-hydrogen) atoms. The van der Waals surface area contributed by atoms with Crippen molar-refractivity contribution in [3.05, 3.63) is 57.0 Å². The van der Waals surface area contributed by atoms with Crippen molar-refractivity contribution in [2.75, 3.05) is 32.7 Å². The first-order valence-electron chi connectivity index (χ1n) is 9.04. The number of sulfonamides is 1. The number of carbonyl (C=O) groups excluding carboxylic acids is 1. The van der Waals surface area contributed by atoms with Gasteiger partial charge in [-0.1, -0.05) is 31.9 Å². The molecule has 0 unspecified atom stereocenters. The second kappa shape index (κ2) is 10.0. The summed E-state index contributed by atoms with van der Waals surface area (Å²) in [6.07, 6.45) is 1.36. The summed E-state index contributed by atoms with van der Waals surface area (Å²) >= 11 is 6.60. The first-order valence-corrected chi connectivity index (χ1v) is 12.1. The molecule has 1 saturated heterocycles. The van der Waals surface area contributed by atoms with E-state index in [0.717, 1.165) is 8.95 Å². The van der Waals surface area contributed by atoms with Crippen molar-refractivity contribution < 1.29 is 18.3 Å². The van der Waals surface area contributed by atoms with Crippen LogP contribution in [0.15, 0.2) is 61.4 Å². The average molecular weight is 560 g/mol. The Morgan fingerprint density at radius 1 is 1.07 bits per heavy atom. The minimum atomic E-state index is -3.55. The average Bonchev–Trinajstić information content (AvgIpc) is 2.71. The minimum Gasteiger partial charge on any atom is -0.507 e.